The first kappa shape index (κ1) is 20.4. The molecule has 1 saturated heterocycles. The smallest absolute Gasteiger partial charge is 0.416 e. The van der Waals surface area contributed by atoms with Gasteiger partial charge in [-0.2, -0.15) is 13.2 Å². The molecule has 1 aromatic heterocycles. The standard InChI is InChI=1S/C22H23F3N4O/c1-29-11-5-4-6-15(13-29)26-21-17-8-3-2-7-16(17)20(27-28-21)18-10-9-14(12-19(18)30)22(23,24)25/h2-3,7-10,12,15,30H,4-6,11,13H2,1H3,(H,26,28). The van der Waals surface area contributed by atoms with E-state index in [2.05, 4.69) is 27.5 Å². The molecule has 30 heavy (non-hydrogen) atoms. The van der Waals surface area contributed by atoms with Crippen LogP contribution in [0, 0.1) is 0 Å². The first-order valence-corrected chi connectivity index (χ1v) is 9.94. The fourth-order valence-corrected chi connectivity index (χ4v) is 3.96. The van der Waals surface area contributed by atoms with Crippen LogP contribution >= 0.6 is 0 Å². The van der Waals surface area contributed by atoms with E-state index in [1.54, 1.807) is 0 Å². The van der Waals surface area contributed by atoms with Crippen LogP contribution in [0.15, 0.2) is 42.5 Å². The number of rotatable bonds is 3. The predicted octanol–water partition coefficient (Wildman–Crippen LogP) is 4.92. The Morgan fingerprint density at radius 1 is 1.07 bits per heavy atom. The Kier molecular flexibility index (Phi) is 5.51. The number of fused-ring (bicyclic) bond motifs is 1. The molecule has 8 heteroatoms. The van der Waals surface area contributed by atoms with E-state index in [9.17, 15) is 18.3 Å². The molecule has 0 aliphatic carbocycles. The first-order chi connectivity index (χ1) is 14.3. The topological polar surface area (TPSA) is 61.3 Å². The molecule has 0 amide bonds. The lowest BCUT2D eigenvalue weighted by Gasteiger charge is -2.22. The Balaban J connectivity index is 1.73. The third kappa shape index (κ3) is 4.18. The van der Waals surface area contributed by atoms with Crippen molar-refractivity contribution in [2.75, 3.05) is 25.5 Å². The highest BCUT2D eigenvalue weighted by molar-refractivity contribution is 6.00. The third-order valence-electron chi connectivity index (χ3n) is 5.48. The molecular formula is C22H23F3N4O. The van der Waals surface area contributed by atoms with E-state index in [0.717, 1.165) is 49.9 Å². The minimum atomic E-state index is -4.52. The SMILES string of the molecule is CN1CCCCC(Nc2nnc(-c3ccc(C(F)(F)F)cc3O)c3ccccc23)C1. The number of benzene rings is 2. The maximum atomic E-state index is 12.9. The van der Waals surface area contributed by atoms with Crippen molar-refractivity contribution in [3.8, 4) is 17.0 Å². The van der Waals surface area contributed by atoms with Gasteiger partial charge in [0, 0.05) is 28.9 Å². The van der Waals surface area contributed by atoms with Gasteiger partial charge in [0.05, 0.1) is 5.56 Å². The summed E-state index contributed by atoms with van der Waals surface area (Å²) in [5, 5.41) is 23.9. The van der Waals surface area contributed by atoms with Gasteiger partial charge in [-0.25, -0.2) is 0 Å². The molecule has 1 aliphatic rings. The Morgan fingerprint density at radius 3 is 2.57 bits per heavy atom. The van der Waals surface area contributed by atoms with Gasteiger partial charge in [0.2, 0.25) is 0 Å². The molecular weight excluding hydrogens is 393 g/mol. The molecule has 5 nitrogen and oxygen atoms in total. The summed E-state index contributed by atoms with van der Waals surface area (Å²) >= 11 is 0. The van der Waals surface area contributed by atoms with E-state index in [1.807, 2.05) is 24.3 Å². The molecule has 1 aliphatic heterocycles. The van der Waals surface area contributed by atoms with Crippen molar-refractivity contribution < 1.29 is 18.3 Å². The van der Waals surface area contributed by atoms with Crippen LogP contribution < -0.4 is 5.32 Å². The van der Waals surface area contributed by atoms with Gasteiger partial charge in [-0.15, -0.1) is 10.2 Å². The second kappa shape index (κ2) is 8.10. The van der Waals surface area contributed by atoms with Crippen LogP contribution in [0.3, 0.4) is 0 Å². The Bertz CT molecular complexity index is 1050. The van der Waals surface area contributed by atoms with Gasteiger partial charge >= 0.3 is 6.18 Å². The second-order valence-electron chi connectivity index (χ2n) is 7.77. The van der Waals surface area contributed by atoms with E-state index >= 15 is 0 Å². The van der Waals surface area contributed by atoms with Gasteiger partial charge < -0.3 is 15.3 Å². The molecule has 2 heterocycles. The average molecular weight is 416 g/mol. The normalized spacial score (nSPS) is 18.3. The number of nitrogens with zero attached hydrogens (tertiary/aromatic N) is 3. The molecule has 1 fully saturated rings. The van der Waals surface area contributed by atoms with Crippen molar-refractivity contribution >= 4 is 16.6 Å². The van der Waals surface area contributed by atoms with Gasteiger partial charge in [-0.3, -0.25) is 0 Å². The highest BCUT2D eigenvalue weighted by atomic mass is 19.4. The molecule has 0 bridgehead atoms. The third-order valence-corrected chi connectivity index (χ3v) is 5.48. The van der Waals surface area contributed by atoms with Crippen LogP contribution in [0.25, 0.3) is 22.0 Å². The van der Waals surface area contributed by atoms with E-state index in [4.69, 9.17) is 0 Å². The number of hydrogen-bond acceptors (Lipinski definition) is 5. The van der Waals surface area contributed by atoms with E-state index in [0.29, 0.717) is 16.9 Å². The van der Waals surface area contributed by atoms with Crippen LogP contribution in [-0.4, -0.2) is 46.4 Å². The van der Waals surface area contributed by atoms with Crippen LogP contribution in [-0.2, 0) is 6.18 Å². The first-order valence-electron chi connectivity index (χ1n) is 9.94. The van der Waals surface area contributed by atoms with Crippen molar-refractivity contribution in [2.24, 2.45) is 0 Å². The largest absolute Gasteiger partial charge is 0.507 e. The molecule has 3 aromatic rings. The number of likely N-dealkylation sites (tertiary alicyclic amines) is 1. The molecule has 1 atom stereocenters. The minimum absolute atomic E-state index is 0.215. The number of phenolic OH excluding ortho intramolecular Hbond substituents is 1. The lowest BCUT2D eigenvalue weighted by atomic mass is 10.0. The van der Waals surface area contributed by atoms with Gasteiger partial charge in [-0.1, -0.05) is 30.7 Å². The molecule has 0 saturated carbocycles. The van der Waals surface area contributed by atoms with E-state index in [-0.39, 0.29) is 11.6 Å². The summed E-state index contributed by atoms with van der Waals surface area (Å²) in [5.41, 5.74) is -0.343. The molecule has 4 rings (SSSR count). The molecule has 2 aromatic carbocycles. The number of likely N-dealkylation sites (N-methyl/N-ethyl adjacent to an activating group) is 1. The minimum Gasteiger partial charge on any atom is -0.507 e. The summed E-state index contributed by atoms with van der Waals surface area (Å²) in [6, 6.07) is 10.6. The van der Waals surface area contributed by atoms with Crippen molar-refractivity contribution in [1.82, 2.24) is 15.1 Å². The Labute approximate surface area is 172 Å². The van der Waals surface area contributed by atoms with E-state index < -0.39 is 17.5 Å². The van der Waals surface area contributed by atoms with Crippen molar-refractivity contribution in [2.45, 2.75) is 31.5 Å². The summed E-state index contributed by atoms with van der Waals surface area (Å²) in [7, 11) is 2.10. The lowest BCUT2D eigenvalue weighted by molar-refractivity contribution is -0.137. The van der Waals surface area contributed by atoms with Crippen molar-refractivity contribution in [3.05, 3.63) is 48.0 Å². The summed E-state index contributed by atoms with van der Waals surface area (Å²) < 4.78 is 38.8. The lowest BCUT2D eigenvalue weighted by Crippen LogP contribution is -2.33. The maximum Gasteiger partial charge on any atom is 0.416 e. The van der Waals surface area contributed by atoms with E-state index in [1.165, 1.54) is 6.07 Å². The Hall–Kier alpha value is -2.87. The summed E-state index contributed by atoms with van der Waals surface area (Å²) in [5.74, 6) is 0.163. The quantitative estimate of drug-likeness (QED) is 0.635. The number of hydrogen-bond donors (Lipinski definition) is 2. The van der Waals surface area contributed by atoms with Gasteiger partial charge in [0.25, 0.3) is 0 Å². The summed E-state index contributed by atoms with van der Waals surface area (Å²) in [6.07, 6.45) is -1.21. The molecule has 158 valence electrons. The zero-order chi connectivity index (χ0) is 21.3. The zero-order valence-electron chi connectivity index (χ0n) is 16.6. The van der Waals surface area contributed by atoms with Crippen LogP contribution in [0.5, 0.6) is 5.75 Å². The van der Waals surface area contributed by atoms with Crippen molar-refractivity contribution in [1.29, 1.82) is 0 Å². The van der Waals surface area contributed by atoms with Crippen LogP contribution in [0.1, 0.15) is 24.8 Å². The van der Waals surface area contributed by atoms with Crippen LogP contribution in [0.2, 0.25) is 0 Å². The number of anilines is 1. The zero-order valence-corrected chi connectivity index (χ0v) is 16.6. The number of phenols is 1. The van der Waals surface area contributed by atoms with Gasteiger partial charge in [-0.05, 0) is 44.6 Å². The number of aromatic nitrogens is 2. The molecule has 0 spiro atoms. The number of aromatic hydroxyl groups is 1. The monoisotopic (exact) mass is 416 g/mol. The predicted molar refractivity (Wildman–Crippen MR) is 110 cm³/mol. The summed E-state index contributed by atoms with van der Waals surface area (Å²) in [6.45, 7) is 1.97. The van der Waals surface area contributed by atoms with Gasteiger partial charge in [0.15, 0.2) is 5.82 Å². The fourth-order valence-electron chi connectivity index (χ4n) is 3.96. The van der Waals surface area contributed by atoms with Gasteiger partial charge in [0.1, 0.15) is 11.4 Å². The highest BCUT2D eigenvalue weighted by Crippen LogP contribution is 2.38. The number of nitrogens with one attached hydrogen (secondary N) is 1. The fraction of sp³-hybridized carbons (Fsp3) is 0.364. The molecule has 0 radical (unpaired) electrons. The molecule has 2 N–H and O–H groups in total. The average Bonchev–Trinajstić information content (AvgIpc) is 2.91. The summed E-state index contributed by atoms with van der Waals surface area (Å²) in [4.78, 5) is 2.29. The van der Waals surface area contributed by atoms with Crippen molar-refractivity contribution in [3.63, 3.8) is 0 Å². The Morgan fingerprint density at radius 2 is 1.83 bits per heavy atom. The molecule has 1 unspecified atom stereocenters. The maximum absolute atomic E-state index is 12.9. The number of halogens is 3. The second-order valence-corrected chi connectivity index (χ2v) is 7.77. The van der Waals surface area contributed by atoms with Crippen LogP contribution in [0.4, 0.5) is 19.0 Å². The highest BCUT2D eigenvalue weighted by Gasteiger charge is 2.31. The number of alkyl halides is 3.